The van der Waals surface area contributed by atoms with Gasteiger partial charge in [0.2, 0.25) is 0 Å². The smallest absolute Gasteiger partial charge is 0.270 e. The lowest BCUT2D eigenvalue weighted by Crippen LogP contribution is -2.32. The minimum Gasteiger partial charge on any atom is -0.497 e. The summed E-state index contributed by atoms with van der Waals surface area (Å²) in [5.74, 6) is 1.32. The minimum atomic E-state index is -0.639. The Bertz CT molecular complexity index is 745. The van der Waals surface area contributed by atoms with E-state index in [2.05, 4.69) is 4.98 Å². The van der Waals surface area contributed by atoms with Crippen molar-refractivity contribution in [2.45, 2.75) is 45.1 Å². The summed E-state index contributed by atoms with van der Waals surface area (Å²) < 4.78 is 5.25. The number of H-pyrrole nitrogens is 1. The van der Waals surface area contributed by atoms with Gasteiger partial charge in [0.25, 0.3) is 5.91 Å². The number of hydrogen-bond acceptors (Lipinski definition) is 3. The molecule has 1 amide bonds. The largest absolute Gasteiger partial charge is 0.497 e. The first-order chi connectivity index (χ1) is 11.9. The van der Waals surface area contributed by atoms with Crippen molar-refractivity contribution in [1.29, 1.82) is 0 Å². The molecule has 0 radical (unpaired) electrons. The molecule has 1 saturated heterocycles. The van der Waals surface area contributed by atoms with Crippen molar-refractivity contribution in [3.05, 3.63) is 30.0 Å². The number of methoxy groups -OCH3 is 1. The summed E-state index contributed by atoms with van der Waals surface area (Å²) in [6.07, 6.45) is 3.79. The maximum atomic E-state index is 12.9. The molecule has 1 aliphatic rings. The van der Waals surface area contributed by atoms with Crippen LogP contribution in [0.15, 0.2) is 24.3 Å². The van der Waals surface area contributed by atoms with Gasteiger partial charge in [0, 0.05) is 24.0 Å². The maximum absolute atomic E-state index is 12.9. The third-order valence-electron chi connectivity index (χ3n) is 4.98. The average Bonchev–Trinajstić information content (AvgIpc) is 2.85. The number of nitrogens with zero attached hydrogens (tertiary/aromatic N) is 1. The number of likely N-dealkylation sites (tertiary alicyclic amines) is 1. The highest BCUT2D eigenvalue weighted by atomic mass is 16.5. The monoisotopic (exact) mass is 344 g/mol. The summed E-state index contributed by atoms with van der Waals surface area (Å²) in [6.45, 7) is 5.25. The minimum absolute atomic E-state index is 0.0547. The Kier molecular flexibility index (Phi) is 5.04. The van der Waals surface area contributed by atoms with E-state index in [9.17, 15) is 9.90 Å². The highest BCUT2D eigenvalue weighted by molar-refractivity contribution is 5.98. The number of ether oxygens (including phenoxy) is 1. The summed E-state index contributed by atoms with van der Waals surface area (Å²) in [5.41, 5.74) is 0.933. The number of amides is 1. The van der Waals surface area contributed by atoms with Crippen LogP contribution in [0.1, 0.15) is 50.0 Å². The Balaban J connectivity index is 1.70. The fourth-order valence-corrected chi connectivity index (χ4v) is 3.80. The second-order valence-electron chi connectivity index (χ2n) is 7.74. The molecule has 1 aromatic carbocycles. The molecule has 0 spiro atoms. The van der Waals surface area contributed by atoms with Gasteiger partial charge in [-0.15, -0.1) is 0 Å². The van der Waals surface area contributed by atoms with Gasteiger partial charge in [-0.25, -0.2) is 0 Å². The molecule has 1 fully saturated rings. The quantitative estimate of drug-likeness (QED) is 0.891. The number of nitrogens with one attached hydrogen (secondary N) is 1. The first-order valence-corrected chi connectivity index (χ1v) is 9.04. The van der Waals surface area contributed by atoms with E-state index in [1.165, 1.54) is 0 Å². The molecule has 25 heavy (non-hydrogen) atoms. The molecular formula is C20H28N2O3. The summed E-state index contributed by atoms with van der Waals surface area (Å²) in [7, 11) is 1.64. The van der Waals surface area contributed by atoms with E-state index >= 15 is 0 Å². The molecular weight excluding hydrogens is 316 g/mol. The first-order valence-electron chi connectivity index (χ1n) is 9.04. The molecule has 5 nitrogen and oxygen atoms in total. The first kappa shape index (κ1) is 17.8. The zero-order valence-corrected chi connectivity index (χ0v) is 15.3. The third-order valence-corrected chi connectivity index (χ3v) is 4.98. The molecule has 1 aliphatic heterocycles. The molecule has 3 rings (SSSR count). The van der Waals surface area contributed by atoms with E-state index in [4.69, 9.17) is 4.74 Å². The number of carbonyl (C=O) groups is 1. The highest BCUT2D eigenvalue weighted by Crippen LogP contribution is 2.27. The van der Waals surface area contributed by atoms with Crippen LogP contribution >= 0.6 is 0 Å². The van der Waals surface area contributed by atoms with Gasteiger partial charge in [0.05, 0.1) is 12.7 Å². The molecule has 0 saturated carbocycles. The molecule has 136 valence electrons. The molecule has 1 atom stereocenters. The van der Waals surface area contributed by atoms with Crippen LogP contribution in [0.25, 0.3) is 10.9 Å². The van der Waals surface area contributed by atoms with Crippen LogP contribution in [0.4, 0.5) is 0 Å². The average molecular weight is 344 g/mol. The van der Waals surface area contributed by atoms with Crippen LogP contribution < -0.4 is 4.74 Å². The molecule has 1 unspecified atom stereocenters. The second kappa shape index (κ2) is 7.08. The summed E-state index contributed by atoms with van der Waals surface area (Å²) in [5, 5.41) is 11.0. The van der Waals surface area contributed by atoms with Gasteiger partial charge in [-0.05, 0) is 69.7 Å². The molecule has 1 aromatic heterocycles. The topological polar surface area (TPSA) is 65.6 Å². The normalized spacial score (nSPS) is 19.0. The molecule has 0 aliphatic carbocycles. The Hall–Kier alpha value is -2.01. The van der Waals surface area contributed by atoms with Gasteiger partial charge >= 0.3 is 0 Å². The zero-order chi connectivity index (χ0) is 18.0. The SMILES string of the molecule is COc1ccc2[nH]c(C(=O)N3CCCC(CC(C)(C)O)CC3)cc2c1. The Morgan fingerprint density at radius 3 is 2.84 bits per heavy atom. The van der Waals surface area contributed by atoms with Crippen molar-refractivity contribution in [2.24, 2.45) is 5.92 Å². The number of carbonyl (C=O) groups excluding carboxylic acids is 1. The Morgan fingerprint density at radius 1 is 1.32 bits per heavy atom. The van der Waals surface area contributed by atoms with Crippen LogP contribution in [-0.4, -0.2) is 46.7 Å². The Morgan fingerprint density at radius 2 is 2.12 bits per heavy atom. The van der Waals surface area contributed by atoms with Gasteiger partial charge < -0.3 is 19.7 Å². The third kappa shape index (κ3) is 4.34. The molecule has 2 N–H and O–H groups in total. The van der Waals surface area contributed by atoms with Crippen LogP contribution in [0.5, 0.6) is 5.75 Å². The predicted octanol–water partition coefficient (Wildman–Crippen LogP) is 3.58. The van der Waals surface area contributed by atoms with E-state index in [1.807, 2.05) is 43.0 Å². The lowest BCUT2D eigenvalue weighted by Gasteiger charge is -2.24. The standard InChI is InChI=1S/C20H28N2O3/c1-20(2,24)13-14-5-4-9-22(10-8-14)19(23)18-12-15-11-16(25-3)6-7-17(15)21-18/h6-7,11-12,14,21,24H,4-5,8-10,13H2,1-3H3. The fourth-order valence-electron chi connectivity index (χ4n) is 3.80. The van der Waals surface area contributed by atoms with Crippen LogP contribution in [0, 0.1) is 5.92 Å². The summed E-state index contributed by atoms with van der Waals surface area (Å²) in [6, 6.07) is 7.66. The number of rotatable bonds is 4. The number of fused-ring (bicyclic) bond motifs is 1. The molecule has 2 aromatic rings. The van der Waals surface area contributed by atoms with E-state index in [-0.39, 0.29) is 5.91 Å². The van der Waals surface area contributed by atoms with Crippen LogP contribution in [0.3, 0.4) is 0 Å². The van der Waals surface area contributed by atoms with Crippen molar-refractivity contribution >= 4 is 16.8 Å². The summed E-state index contributed by atoms with van der Waals surface area (Å²) >= 11 is 0. The van der Waals surface area contributed by atoms with Crippen LogP contribution in [0.2, 0.25) is 0 Å². The van der Waals surface area contributed by atoms with Crippen molar-refractivity contribution in [1.82, 2.24) is 9.88 Å². The van der Waals surface area contributed by atoms with E-state index in [1.54, 1.807) is 7.11 Å². The number of aliphatic hydroxyl groups is 1. The number of benzene rings is 1. The second-order valence-corrected chi connectivity index (χ2v) is 7.74. The molecule has 5 heteroatoms. The van der Waals surface area contributed by atoms with Gasteiger partial charge in [0.1, 0.15) is 11.4 Å². The van der Waals surface area contributed by atoms with Gasteiger partial charge in [0.15, 0.2) is 0 Å². The fraction of sp³-hybridized carbons (Fsp3) is 0.550. The van der Waals surface area contributed by atoms with Crippen LogP contribution in [-0.2, 0) is 0 Å². The summed E-state index contributed by atoms with van der Waals surface area (Å²) in [4.78, 5) is 18.0. The molecule has 2 heterocycles. The van der Waals surface area contributed by atoms with Crippen molar-refractivity contribution < 1.29 is 14.6 Å². The maximum Gasteiger partial charge on any atom is 0.270 e. The van der Waals surface area contributed by atoms with E-state index in [0.717, 1.165) is 55.4 Å². The molecule has 0 bridgehead atoms. The van der Waals surface area contributed by atoms with Gasteiger partial charge in [-0.3, -0.25) is 4.79 Å². The van der Waals surface area contributed by atoms with E-state index in [0.29, 0.717) is 11.6 Å². The lowest BCUT2D eigenvalue weighted by atomic mass is 9.88. The zero-order valence-electron chi connectivity index (χ0n) is 15.3. The van der Waals surface area contributed by atoms with E-state index < -0.39 is 5.60 Å². The number of aromatic nitrogens is 1. The Labute approximate surface area is 149 Å². The number of aromatic amines is 1. The highest BCUT2D eigenvalue weighted by Gasteiger charge is 2.26. The van der Waals surface area contributed by atoms with Crippen molar-refractivity contribution in [3.8, 4) is 5.75 Å². The predicted molar refractivity (Wildman–Crippen MR) is 99.0 cm³/mol. The lowest BCUT2D eigenvalue weighted by molar-refractivity contribution is 0.0498. The van der Waals surface area contributed by atoms with Gasteiger partial charge in [-0.2, -0.15) is 0 Å². The number of hydrogen-bond donors (Lipinski definition) is 2. The van der Waals surface area contributed by atoms with Crippen molar-refractivity contribution in [2.75, 3.05) is 20.2 Å². The van der Waals surface area contributed by atoms with Gasteiger partial charge in [-0.1, -0.05) is 0 Å². The van der Waals surface area contributed by atoms with Crippen molar-refractivity contribution in [3.63, 3.8) is 0 Å².